The number of carbonyl (C=O) groups excluding carboxylic acids is 1. The molecule has 1 aliphatic heterocycles. The van der Waals surface area contributed by atoms with E-state index in [1.54, 1.807) is 0 Å². The van der Waals surface area contributed by atoms with E-state index in [1.165, 1.54) is 5.56 Å². The number of amides is 1. The lowest BCUT2D eigenvalue weighted by molar-refractivity contribution is -0.253. The monoisotopic (exact) mass is 650 g/mol. The third kappa shape index (κ3) is 9.84. The molecular formula is C40H46N2O6. The molecule has 8 nitrogen and oxygen atoms in total. The highest BCUT2D eigenvalue weighted by atomic mass is 16.7. The minimum atomic E-state index is -0.841. The molecule has 0 unspecified atom stereocenters. The van der Waals surface area contributed by atoms with E-state index in [4.69, 9.17) is 14.6 Å². The maximum atomic E-state index is 12.3. The second kappa shape index (κ2) is 17.2. The van der Waals surface area contributed by atoms with Gasteiger partial charge in [-0.2, -0.15) is 0 Å². The highest BCUT2D eigenvalue weighted by Gasteiger charge is 2.33. The standard InChI is InChI=1S/C40H46N2O6/c1-28(31-11-4-3-5-12-31)42(2)26-36-24-37(32-20-18-29(27-43)19-21-32)48-40(47-36)35-15-9-14-34(23-35)33-13-8-10-30(22-33)25-41-38(44)16-6-7-17-39(45)46/h3-5,8-15,18-23,28,36-37,40,43H,6-7,16-17,24-27H2,1-2H3,(H,41,44)(H,45,46)/t28-,36+,37-,40-/m0/s1. The molecule has 0 spiro atoms. The summed E-state index contributed by atoms with van der Waals surface area (Å²) in [4.78, 5) is 25.3. The summed E-state index contributed by atoms with van der Waals surface area (Å²) in [6, 6.07) is 34.9. The summed E-state index contributed by atoms with van der Waals surface area (Å²) in [7, 11) is 2.13. The smallest absolute Gasteiger partial charge is 0.303 e. The van der Waals surface area contributed by atoms with Gasteiger partial charge in [0.15, 0.2) is 6.29 Å². The first-order valence-electron chi connectivity index (χ1n) is 16.7. The molecule has 48 heavy (non-hydrogen) atoms. The number of carboxylic acid groups (broad SMARTS) is 1. The van der Waals surface area contributed by atoms with Crippen molar-refractivity contribution < 1.29 is 29.3 Å². The number of carboxylic acids is 1. The fraction of sp³-hybridized carbons (Fsp3) is 0.350. The molecule has 1 aliphatic rings. The van der Waals surface area contributed by atoms with Gasteiger partial charge in [0.25, 0.3) is 0 Å². The summed E-state index contributed by atoms with van der Waals surface area (Å²) < 4.78 is 13.3. The maximum Gasteiger partial charge on any atom is 0.303 e. The van der Waals surface area contributed by atoms with E-state index in [0.29, 0.717) is 32.2 Å². The van der Waals surface area contributed by atoms with Crippen molar-refractivity contribution in [1.29, 1.82) is 0 Å². The average Bonchev–Trinajstić information content (AvgIpc) is 3.12. The van der Waals surface area contributed by atoms with Crippen LogP contribution in [0.25, 0.3) is 11.1 Å². The molecule has 0 bridgehead atoms. The number of unbranched alkanes of at least 4 members (excludes halogenated alkanes) is 1. The molecule has 0 aliphatic carbocycles. The van der Waals surface area contributed by atoms with Crippen LogP contribution in [-0.2, 0) is 32.2 Å². The molecule has 8 heteroatoms. The van der Waals surface area contributed by atoms with Gasteiger partial charge in [0.2, 0.25) is 5.91 Å². The van der Waals surface area contributed by atoms with Crippen LogP contribution in [0.4, 0.5) is 0 Å². The van der Waals surface area contributed by atoms with Gasteiger partial charge in [-0.05, 0) is 72.3 Å². The molecule has 1 fully saturated rings. The Morgan fingerprint density at radius 2 is 1.54 bits per heavy atom. The van der Waals surface area contributed by atoms with E-state index >= 15 is 0 Å². The van der Waals surface area contributed by atoms with Crippen LogP contribution in [-0.4, -0.2) is 46.7 Å². The molecule has 4 aromatic carbocycles. The van der Waals surface area contributed by atoms with Crippen LogP contribution < -0.4 is 5.32 Å². The zero-order valence-corrected chi connectivity index (χ0v) is 27.8. The Bertz CT molecular complexity index is 1630. The van der Waals surface area contributed by atoms with Crippen molar-refractivity contribution in [1.82, 2.24) is 10.2 Å². The molecule has 252 valence electrons. The number of nitrogens with zero attached hydrogens (tertiary/aromatic N) is 1. The number of hydrogen-bond donors (Lipinski definition) is 3. The molecule has 5 rings (SSSR count). The summed E-state index contributed by atoms with van der Waals surface area (Å²) in [6.07, 6.45) is 1.30. The number of rotatable bonds is 15. The van der Waals surface area contributed by atoms with E-state index < -0.39 is 12.3 Å². The van der Waals surface area contributed by atoms with Crippen LogP contribution in [0.2, 0.25) is 0 Å². The van der Waals surface area contributed by atoms with Crippen LogP contribution in [0.1, 0.15) is 85.3 Å². The minimum Gasteiger partial charge on any atom is -0.481 e. The summed E-state index contributed by atoms with van der Waals surface area (Å²) in [6.45, 7) is 3.34. The van der Waals surface area contributed by atoms with E-state index in [-0.39, 0.29) is 37.2 Å². The quantitative estimate of drug-likeness (QED) is 0.116. The first-order chi connectivity index (χ1) is 23.3. The van der Waals surface area contributed by atoms with Crippen LogP contribution in [0.3, 0.4) is 0 Å². The first-order valence-corrected chi connectivity index (χ1v) is 16.7. The highest BCUT2D eigenvalue weighted by Crippen LogP contribution is 2.39. The molecular weight excluding hydrogens is 604 g/mol. The van der Waals surface area contributed by atoms with Gasteiger partial charge in [-0.3, -0.25) is 14.5 Å². The number of aliphatic carboxylic acids is 1. The Kier molecular flexibility index (Phi) is 12.5. The summed E-state index contributed by atoms with van der Waals surface area (Å²) in [5.74, 6) is -0.926. The number of hydrogen-bond acceptors (Lipinski definition) is 6. The molecule has 4 atom stereocenters. The number of benzene rings is 4. The number of carbonyl (C=O) groups is 2. The van der Waals surface area contributed by atoms with Gasteiger partial charge in [0.05, 0.1) is 18.8 Å². The molecule has 1 amide bonds. The van der Waals surface area contributed by atoms with Crippen molar-refractivity contribution in [3.05, 3.63) is 131 Å². The first kappa shape index (κ1) is 35.0. The Morgan fingerprint density at radius 3 is 2.27 bits per heavy atom. The fourth-order valence-corrected chi connectivity index (χ4v) is 6.07. The molecule has 0 aromatic heterocycles. The molecule has 1 saturated heterocycles. The van der Waals surface area contributed by atoms with Gasteiger partial charge in [-0.15, -0.1) is 0 Å². The van der Waals surface area contributed by atoms with Crippen molar-refractivity contribution in [3.63, 3.8) is 0 Å². The lowest BCUT2D eigenvalue weighted by Gasteiger charge is -2.39. The predicted octanol–water partition coefficient (Wildman–Crippen LogP) is 7.35. The van der Waals surface area contributed by atoms with Crippen molar-refractivity contribution in [2.75, 3.05) is 13.6 Å². The zero-order valence-electron chi connectivity index (χ0n) is 27.8. The van der Waals surface area contributed by atoms with Gasteiger partial charge in [-0.1, -0.05) is 91.0 Å². The van der Waals surface area contributed by atoms with E-state index in [0.717, 1.165) is 39.9 Å². The normalized spacial score (nSPS) is 18.4. The van der Waals surface area contributed by atoms with Gasteiger partial charge < -0.3 is 25.0 Å². The van der Waals surface area contributed by atoms with E-state index in [1.807, 2.05) is 60.7 Å². The lowest BCUT2D eigenvalue weighted by atomic mass is 9.98. The Hall–Kier alpha value is -4.34. The van der Waals surface area contributed by atoms with Gasteiger partial charge in [-0.25, -0.2) is 0 Å². The Labute approximate surface area is 283 Å². The third-order valence-electron chi connectivity index (χ3n) is 9.00. The van der Waals surface area contributed by atoms with Gasteiger partial charge in [0.1, 0.15) is 0 Å². The van der Waals surface area contributed by atoms with Gasteiger partial charge in [0, 0.05) is 44.0 Å². The topological polar surface area (TPSA) is 108 Å². The Morgan fingerprint density at radius 1 is 0.833 bits per heavy atom. The number of ether oxygens (including phenoxy) is 2. The number of nitrogens with one attached hydrogen (secondary N) is 1. The fourth-order valence-electron chi connectivity index (χ4n) is 6.07. The maximum absolute atomic E-state index is 12.3. The molecule has 0 saturated carbocycles. The molecule has 0 radical (unpaired) electrons. The number of aliphatic hydroxyl groups is 1. The van der Waals surface area contributed by atoms with Gasteiger partial charge >= 0.3 is 5.97 Å². The third-order valence-corrected chi connectivity index (χ3v) is 9.00. The lowest BCUT2D eigenvalue weighted by Crippen LogP contribution is -2.38. The van der Waals surface area contributed by atoms with Crippen LogP contribution in [0.5, 0.6) is 0 Å². The van der Waals surface area contributed by atoms with Crippen molar-refractivity contribution in [2.45, 2.75) is 76.7 Å². The van der Waals surface area contributed by atoms with Crippen molar-refractivity contribution in [3.8, 4) is 11.1 Å². The summed E-state index contributed by atoms with van der Waals surface area (Å²) >= 11 is 0. The van der Waals surface area contributed by atoms with Crippen LogP contribution in [0.15, 0.2) is 103 Å². The second-order valence-electron chi connectivity index (χ2n) is 12.6. The van der Waals surface area contributed by atoms with Crippen LogP contribution in [0, 0.1) is 0 Å². The summed E-state index contributed by atoms with van der Waals surface area (Å²) in [5, 5.41) is 21.3. The van der Waals surface area contributed by atoms with E-state index in [9.17, 15) is 14.7 Å². The molecule has 1 heterocycles. The molecule has 3 N–H and O–H groups in total. The SMILES string of the molecule is C[C@@H](c1ccccc1)N(C)C[C@H]1C[C@@H](c2ccc(CO)cc2)O[C@@H](c2cccc(-c3cccc(CNC(=O)CCCCC(=O)O)c3)c2)O1. The van der Waals surface area contributed by atoms with Crippen LogP contribution >= 0.6 is 0 Å². The zero-order chi connectivity index (χ0) is 33.9. The van der Waals surface area contributed by atoms with Crippen molar-refractivity contribution in [2.24, 2.45) is 0 Å². The number of likely N-dealkylation sites (N-methyl/N-ethyl adjacent to an activating group) is 1. The number of aliphatic hydroxyl groups excluding tert-OH is 1. The van der Waals surface area contributed by atoms with E-state index in [2.05, 4.69) is 66.7 Å². The average molecular weight is 651 g/mol. The Balaban J connectivity index is 1.30. The highest BCUT2D eigenvalue weighted by molar-refractivity contribution is 5.76. The predicted molar refractivity (Wildman–Crippen MR) is 186 cm³/mol. The second-order valence-corrected chi connectivity index (χ2v) is 12.6. The van der Waals surface area contributed by atoms with Crippen molar-refractivity contribution >= 4 is 11.9 Å². The largest absolute Gasteiger partial charge is 0.481 e. The minimum absolute atomic E-state index is 0.00268. The summed E-state index contributed by atoms with van der Waals surface area (Å²) in [5.41, 5.74) is 7.10. The molecule has 4 aromatic rings.